The summed E-state index contributed by atoms with van der Waals surface area (Å²) < 4.78 is 0. The second-order valence-corrected chi connectivity index (χ2v) is 2.32. The third-order valence-electron chi connectivity index (χ3n) is 1.63. The van der Waals surface area contributed by atoms with Gasteiger partial charge in [-0.1, -0.05) is 18.7 Å². The fourth-order valence-electron chi connectivity index (χ4n) is 0.902. The zero-order valence-corrected chi connectivity index (χ0v) is 5.75. The lowest BCUT2D eigenvalue weighted by molar-refractivity contribution is 0.269. The van der Waals surface area contributed by atoms with E-state index in [1.54, 1.807) is 6.08 Å². The lowest BCUT2D eigenvalue weighted by atomic mass is 9.94. The van der Waals surface area contributed by atoms with Crippen LogP contribution in [0.25, 0.3) is 0 Å². The highest BCUT2D eigenvalue weighted by atomic mass is 16.3. The monoisotopic (exact) mass is 137 g/mol. The minimum absolute atomic E-state index is 0.0185. The Labute approximate surface area is 60.4 Å². The Hall–Kier alpha value is -1.02. The highest BCUT2D eigenvalue weighted by molar-refractivity contribution is 5.37. The van der Waals surface area contributed by atoms with E-state index in [9.17, 15) is 0 Å². The molecule has 0 aromatic rings. The summed E-state index contributed by atoms with van der Waals surface area (Å²) in [6, 6.07) is 0. The van der Waals surface area contributed by atoms with E-state index in [1.165, 1.54) is 0 Å². The molecule has 0 bridgehead atoms. The van der Waals surface area contributed by atoms with E-state index in [0.29, 0.717) is 5.70 Å². The van der Waals surface area contributed by atoms with Gasteiger partial charge in [-0.05, 0) is 11.6 Å². The van der Waals surface area contributed by atoms with Crippen LogP contribution in [0.3, 0.4) is 0 Å². The van der Waals surface area contributed by atoms with E-state index in [4.69, 9.17) is 10.8 Å². The summed E-state index contributed by atoms with van der Waals surface area (Å²) in [6.07, 6.45) is 5.51. The van der Waals surface area contributed by atoms with Crippen molar-refractivity contribution in [2.45, 2.75) is 0 Å². The van der Waals surface area contributed by atoms with Crippen molar-refractivity contribution >= 4 is 0 Å². The molecule has 0 fully saturated rings. The maximum Gasteiger partial charge on any atom is 0.0535 e. The predicted molar refractivity (Wildman–Crippen MR) is 41.1 cm³/mol. The molecule has 0 aromatic heterocycles. The van der Waals surface area contributed by atoms with Crippen molar-refractivity contribution < 1.29 is 5.11 Å². The van der Waals surface area contributed by atoms with Gasteiger partial charge in [0.15, 0.2) is 0 Å². The molecule has 1 atom stereocenters. The molecule has 3 N–H and O–H groups in total. The van der Waals surface area contributed by atoms with Gasteiger partial charge in [-0.3, -0.25) is 0 Å². The van der Waals surface area contributed by atoms with Crippen LogP contribution in [0.15, 0.2) is 36.1 Å². The number of rotatable bonds is 1. The first-order chi connectivity index (χ1) is 4.75. The predicted octanol–water partition coefficient (Wildman–Crippen LogP) is 0.564. The quantitative estimate of drug-likeness (QED) is 0.554. The molecule has 0 aromatic carbocycles. The molecular weight excluding hydrogens is 126 g/mol. The van der Waals surface area contributed by atoms with Crippen LogP contribution >= 0.6 is 0 Å². The zero-order chi connectivity index (χ0) is 7.56. The second-order valence-electron chi connectivity index (χ2n) is 2.32. The summed E-state index contributed by atoms with van der Waals surface area (Å²) >= 11 is 0. The molecular formula is C8H11NO. The van der Waals surface area contributed by atoms with E-state index in [2.05, 4.69) is 6.58 Å². The Kier molecular flexibility index (Phi) is 1.92. The third kappa shape index (κ3) is 1.11. The topological polar surface area (TPSA) is 46.2 Å². The Balaban J connectivity index is 2.78. The van der Waals surface area contributed by atoms with Gasteiger partial charge in [0, 0.05) is 11.6 Å². The van der Waals surface area contributed by atoms with Crippen molar-refractivity contribution in [3.63, 3.8) is 0 Å². The van der Waals surface area contributed by atoms with Crippen molar-refractivity contribution in [1.82, 2.24) is 0 Å². The minimum atomic E-state index is 0.0185. The van der Waals surface area contributed by atoms with E-state index >= 15 is 0 Å². The van der Waals surface area contributed by atoms with Crippen molar-refractivity contribution in [2.24, 2.45) is 11.7 Å². The lowest BCUT2D eigenvalue weighted by Gasteiger charge is -2.15. The Morgan fingerprint density at radius 2 is 2.40 bits per heavy atom. The molecule has 0 heterocycles. The van der Waals surface area contributed by atoms with Gasteiger partial charge in [-0.15, -0.1) is 0 Å². The van der Waals surface area contributed by atoms with Crippen LogP contribution in [-0.4, -0.2) is 11.7 Å². The van der Waals surface area contributed by atoms with Crippen LogP contribution in [-0.2, 0) is 0 Å². The SMILES string of the molecule is C=C1C(N)=CC=CC1CO. The van der Waals surface area contributed by atoms with Gasteiger partial charge >= 0.3 is 0 Å². The molecule has 0 amide bonds. The van der Waals surface area contributed by atoms with Crippen molar-refractivity contribution in [1.29, 1.82) is 0 Å². The van der Waals surface area contributed by atoms with Gasteiger partial charge in [-0.25, -0.2) is 0 Å². The molecule has 0 saturated carbocycles. The molecule has 1 aliphatic carbocycles. The molecule has 0 spiro atoms. The van der Waals surface area contributed by atoms with Gasteiger partial charge in [-0.2, -0.15) is 0 Å². The lowest BCUT2D eigenvalue weighted by Crippen LogP contribution is -2.14. The zero-order valence-electron chi connectivity index (χ0n) is 5.75. The average Bonchev–Trinajstić information content (AvgIpc) is 1.95. The molecule has 2 nitrogen and oxygen atoms in total. The molecule has 0 aliphatic heterocycles. The van der Waals surface area contributed by atoms with Gasteiger partial charge in [0.1, 0.15) is 0 Å². The number of nitrogens with two attached hydrogens (primary N) is 1. The van der Waals surface area contributed by atoms with Crippen molar-refractivity contribution in [3.05, 3.63) is 36.1 Å². The van der Waals surface area contributed by atoms with Crippen LogP contribution in [0.1, 0.15) is 0 Å². The Bertz CT molecular complexity index is 203. The van der Waals surface area contributed by atoms with E-state index in [-0.39, 0.29) is 12.5 Å². The van der Waals surface area contributed by atoms with Crippen LogP contribution < -0.4 is 5.73 Å². The molecule has 54 valence electrons. The highest BCUT2D eigenvalue weighted by Crippen LogP contribution is 2.19. The van der Waals surface area contributed by atoms with Crippen LogP contribution in [0.4, 0.5) is 0 Å². The molecule has 2 heteroatoms. The number of aliphatic hydroxyl groups excluding tert-OH is 1. The molecule has 1 aliphatic rings. The summed E-state index contributed by atoms with van der Waals surface area (Å²) in [5, 5.41) is 8.78. The maximum absolute atomic E-state index is 8.78. The van der Waals surface area contributed by atoms with Crippen molar-refractivity contribution in [3.8, 4) is 0 Å². The summed E-state index contributed by atoms with van der Waals surface area (Å²) in [6.45, 7) is 3.83. The van der Waals surface area contributed by atoms with E-state index < -0.39 is 0 Å². The van der Waals surface area contributed by atoms with Gasteiger partial charge in [0.05, 0.1) is 6.61 Å². The fraction of sp³-hybridized carbons (Fsp3) is 0.250. The second kappa shape index (κ2) is 2.71. The Morgan fingerprint density at radius 3 is 2.90 bits per heavy atom. The molecule has 1 unspecified atom stereocenters. The summed E-state index contributed by atoms with van der Waals surface area (Å²) in [7, 11) is 0. The van der Waals surface area contributed by atoms with E-state index in [1.807, 2.05) is 12.2 Å². The maximum atomic E-state index is 8.78. The average molecular weight is 137 g/mol. The molecule has 10 heavy (non-hydrogen) atoms. The van der Waals surface area contributed by atoms with Crippen LogP contribution in [0.5, 0.6) is 0 Å². The number of hydrogen-bond acceptors (Lipinski definition) is 2. The summed E-state index contributed by atoms with van der Waals surface area (Å²) in [5.41, 5.74) is 7.02. The van der Waals surface area contributed by atoms with Gasteiger partial charge < -0.3 is 10.8 Å². The normalized spacial score (nSPS) is 24.7. The largest absolute Gasteiger partial charge is 0.399 e. The standard InChI is InChI=1S/C8H11NO/c1-6-7(5-10)3-2-4-8(6)9/h2-4,7,10H,1,5,9H2. The molecule has 0 saturated heterocycles. The van der Waals surface area contributed by atoms with Gasteiger partial charge in [0.2, 0.25) is 0 Å². The first kappa shape index (κ1) is 7.09. The number of aliphatic hydroxyl groups is 1. The first-order valence-electron chi connectivity index (χ1n) is 3.19. The van der Waals surface area contributed by atoms with Crippen LogP contribution in [0, 0.1) is 5.92 Å². The van der Waals surface area contributed by atoms with E-state index in [0.717, 1.165) is 5.57 Å². The fourth-order valence-corrected chi connectivity index (χ4v) is 0.902. The summed E-state index contributed by atoms with van der Waals surface area (Å²) in [4.78, 5) is 0. The Morgan fingerprint density at radius 1 is 1.70 bits per heavy atom. The molecule has 0 radical (unpaired) electrons. The molecule has 1 rings (SSSR count). The smallest absolute Gasteiger partial charge is 0.0535 e. The first-order valence-corrected chi connectivity index (χ1v) is 3.19. The minimum Gasteiger partial charge on any atom is -0.399 e. The third-order valence-corrected chi connectivity index (χ3v) is 1.63. The summed E-state index contributed by atoms with van der Waals surface area (Å²) in [5.74, 6) is 0.0185. The van der Waals surface area contributed by atoms with Crippen LogP contribution in [0.2, 0.25) is 0 Å². The highest BCUT2D eigenvalue weighted by Gasteiger charge is 2.11. The van der Waals surface area contributed by atoms with Crippen molar-refractivity contribution in [2.75, 3.05) is 6.61 Å². The van der Waals surface area contributed by atoms with Gasteiger partial charge in [0.25, 0.3) is 0 Å². The number of hydrogen-bond donors (Lipinski definition) is 2. The number of allylic oxidation sites excluding steroid dienone is 3.